The predicted molar refractivity (Wildman–Crippen MR) is 117 cm³/mol. The summed E-state index contributed by atoms with van der Waals surface area (Å²) >= 11 is 0. The molecule has 1 saturated heterocycles. The number of nitrogens with one attached hydrogen (secondary N) is 1. The van der Waals surface area contributed by atoms with Crippen LogP contribution < -0.4 is 5.32 Å². The summed E-state index contributed by atoms with van der Waals surface area (Å²) < 4.78 is 4.94. The third-order valence-electron chi connectivity index (χ3n) is 5.38. The third-order valence-corrected chi connectivity index (χ3v) is 5.38. The van der Waals surface area contributed by atoms with Crippen LogP contribution in [0.15, 0.2) is 52.2 Å². The van der Waals surface area contributed by atoms with Crippen molar-refractivity contribution in [3.05, 3.63) is 53.9 Å². The molecule has 0 aliphatic carbocycles. The smallest absolute Gasteiger partial charge is 0.194 e. The van der Waals surface area contributed by atoms with E-state index in [9.17, 15) is 0 Å². The molecule has 1 atom stereocenters. The number of aliphatic imine (C=N–C) groups is 1. The fraction of sp³-hybridized carbons (Fsp3) is 0.545. The van der Waals surface area contributed by atoms with Gasteiger partial charge >= 0.3 is 0 Å². The van der Waals surface area contributed by atoms with Gasteiger partial charge in [0.25, 0.3) is 0 Å². The fourth-order valence-electron chi connectivity index (χ4n) is 3.58. The number of piperazine rings is 1. The number of guanidine groups is 1. The highest BCUT2D eigenvalue weighted by Gasteiger charge is 2.21. The van der Waals surface area contributed by atoms with Crippen LogP contribution in [0.4, 0.5) is 0 Å². The Morgan fingerprint density at radius 2 is 1.93 bits per heavy atom. The van der Waals surface area contributed by atoms with Crippen molar-refractivity contribution >= 4 is 5.96 Å². The molecule has 29 heavy (non-hydrogen) atoms. The van der Waals surface area contributed by atoms with E-state index in [1.54, 1.807) is 6.26 Å². The zero-order chi connectivity index (χ0) is 20.5. The van der Waals surface area contributed by atoms with E-state index >= 15 is 0 Å². The van der Waals surface area contributed by atoms with Crippen LogP contribution in [-0.4, -0.2) is 85.2 Å². The molecule has 2 heterocycles. The van der Waals surface area contributed by atoms with E-state index in [0.29, 0.717) is 6.04 Å². The molecule has 0 saturated carbocycles. The number of hydrogen-bond donors (Lipinski definition) is 1. The van der Waals surface area contributed by atoms with Crippen molar-refractivity contribution < 1.29 is 4.52 Å². The molecule has 3 rings (SSSR count). The van der Waals surface area contributed by atoms with E-state index in [2.05, 4.69) is 76.5 Å². The SMILES string of the molecule is CCNC(=NCC(Cc1ccccc1)N(C)C)N1CCN(Cc2ccon2)CC1. The lowest BCUT2D eigenvalue weighted by molar-refractivity contribution is 0.168. The maximum atomic E-state index is 5.00. The van der Waals surface area contributed by atoms with Crippen molar-refractivity contribution in [2.24, 2.45) is 4.99 Å². The van der Waals surface area contributed by atoms with Gasteiger partial charge in [-0.05, 0) is 33.0 Å². The van der Waals surface area contributed by atoms with E-state index < -0.39 is 0 Å². The van der Waals surface area contributed by atoms with E-state index in [4.69, 9.17) is 9.52 Å². The van der Waals surface area contributed by atoms with Crippen LogP contribution in [0.3, 0.4) is 0 Å². The van der Waals surface area contributed by atoms with Gasteiger partial charge in [0.2, 0.25) is 0 Å². The molecule has 1 unspecified atom stereocenters. The van der Waals surface area contributed by atoms with Crippen molar-refractivity contribution in [2.75, 3.05) is 53.4 Å². The first kappa shape index (κ1) is 21.3. The number of nitrogens with zero attached hydrogens (tertiary/aromatic N) is 5. The number of rotatable bonds is 8. The summed E-state index contributed by atoms with van der Waals surface area (Å²) in [5.41, 5.74) is 2.35. The van der Waals surface area contributed by atoms with Crippen molar-refractivity contribution in [1.82, 2.24) is 25.2 Å². The molecule has 1 aliphatic heterocycles. The van der Waals surface area contributed by atoms with Gasteiger partial charge in [0, 0.05) is 51.4 Å². The molecule has 7 heteroatoms. The zero-order valence-electron chi connectivity index (χ0n) is 17.9. The lowest BCUT2D eigenvalue weighted by Gasteiger charge is -2.36. The zero-order valence-corrected chi connectivity index (χ0v) is 17.9. The first-order valence-electron chi connectivity index (χ1n) is 10.5. The van der Waals surface area contributed by atoms with Gasteiger partial charge in [-0.1, -0.05) is 35.5 Å². The Bertz CT molecular complexity index is 723. The molecule has 158 valence electrons. The van der Waals surface area contributed by atoms with Crippen LogP contribution in [0.2, 0.25) is 0 Å². The second kappa shape index (κ2) is 11.0. The molecular weight excluding hydrogens is 364 g/mol. The molecule has 1 aliphatic rings. The van der Waals surface area contributed by atoms with E-state index in [1.165, 1.54) is 5.56 Å². The van der Waals surface area contributed by atoms with Crippen molar-refractivity contribution in [2.45, 2.75) is 25.9 Å². The molecule has 1 N–H and O–H groups in total. The molecule has 1 aromatic carbocycles. The normalized spacial score (nSPS) is 17.0. The van der Waals surface area contributed by atoms with Crippen molar-refractivity contribution in [3.8, 4) is 0 Å². The first-order valence-corrected chi connectivity index (χ1v) is 10.5. The fourth-order valence-corrected chi connectivity index (χ4v) is 3.58. The summed E-state index contributed by atoms with van der Waals surface area (Å²) in [4.78, 5) is 12.1. The summed E-state index contributed by atoms with van der Waals surface area (Å²) in [5.74, 6) is 1.02. The van der Waals surface area contributed by atoms with Crippen LogP contribution in [0, 0.1) is 0 Å². The molecular formula is C22H34N6O. The summed E-state index contributed by atoms with van der Waals surface area (Å²) in [6, 6.07) is 13.0. The Labute approximate surface area is 174 Å². The Morgan fingerprint density at radius 1 is 1.17 bits per heavy atom. The minimum Gasteiger partial charge on any atom is -0.364 e. The summed E-state index contributed by atoms with van der Waals surface area (Å²) in [6.07, 6.45) is 2.64. The summed E-state index contributed by atoms with van der Waals surface area (Å²) in [5, 5.41) is 7.51. The minimum absolute atomic E-state index is 0.375. The Balaban J connectivity index is 1.57. The Morgan fingerprint density at radius 3 is 2.55 bits per heavy atom. The topological polar surface area (TPSA) is 60.1 Å². The average Bonchev–Trinajstić information content (AvgIpc) is 3.24. The highest BCUT2D eigenvalue weighted by atomic mass is 16.5. The molecule has 0 spiro atoms. The van der Waals surface area contributed by atoms with Crippen molar-refractivity contribution in [1.29, 1.82) is 0 Å². The monoisotopic (exact) mass is 398 g/mol. The van der Waals surface area contributed by atoms with E-state index in [0.717, 1.165) is 63.9 Å². The summed E-state index contributed by atoms with van der Waals surface area (Å²) in [6.45, 7) is 8.56. The number of hydrogen-bond acceptors (Lipinski definition) is 5. The first-order chi connectivity index (χ1) is 14.2. The average molecular weight is 399 g/mol. The van der Waals surface area contributed by atoms with E-state index in [1.807, 2.05) is 6.07 Å². The number of likely N-dealkylation sites (N-methyl/N-ethyl adjacent to an activating group) is 1. The third kappa shape index (κ3) is 6.58. The molecule has 2 aromatic rings. The van der Waals surface area contributed by atoms with Crippen LogP contribution in [0.5, 0.6) is 0 Å². The lowest BCUT2D eigenvalue weighted by Crippen LogP contribution is -2.52. The van der Waals surface area contributed by atoms with Gasteiger partial charge in [-0.25, -0.2) is 0 Å². The quantitative estimate of drug-likeness (QED) is 0.542. The van der Waals surface area contributed by atoms with Gasteiger partial charge in [-0.2, -0.15) is 0 Å². The molecule has 0 amide bonds. The minimum atomic E-state index is 0.375. The van der Waals surface area contributed by atoms with E-state index in [-0.39, 0.29) is 0 Å². The predicted octanol–water partition coefficient (Wildman–Crippen LogP) is 1.93. The molecule has 1 fully saturated rings. The van der Waals surface area contributed by atoms with Crippen LogP contribution in [-0.2, 0) is 13.0 Å². The maximum Gasteiger partial charge on any atom is 0.194 e. The lowest BCUT2D eigenvalue weighted by atomic mass is 10.1. The van der Waals surface area contributed by atoms with Gasteiger partial charge in [-0.15, -0.1) is 0 Å². The second-order valence-corrected chi connectivity index (χ2v) is 7.76. The molecule has 7 nitrogen and oxygen atoms in total. The number of benzene rings is 1. The largest absolute Gasteiger partial charge is 0.364 e. The second-order valence-electron chi connectivity index (χ2n) is 7.76. The summed E-state index contributed by atoms with van der Waals surface area (Å²) in [7, 11) is 4.28. The standard InChI is InChI=1S/C22H34N6O/c1-4-23-22(24-17-21(26(2)3)16-19-8-6-5-7-9-19)28-13-11-27(12-14-28)18-20-10-15-29-25-20/h5-10,15,21H,4,11-14,16-18H2,1-3H3,(H,23,24). The van der Waals surface area contributed by atoms with Crippen LogP contribution in [0.25, 0.3) is 0 Å². The van der Waals surface area contributed by atoms with Crippen LogP contribution >= 0.6 is 0 Å². The highest BCUT2D eigenvalue weighted by Crippen LogP contribution is 2.10. The highest BCUT2D eigenvalue weighted by molar-refractivity contribution is 5.80. The van der Waals surface area contributed by atoms with Crippen LogP contribution in [0.1, 0.15) is 18.2 Å². The van der Waals surface area contributed by atoms with Gasteiger partial charge in [0.15, 0.2) is 5.96 Å². The number of aromatic nitrogens is 1. The Kier molecular flexibility index (Phi) is 8.07. The van der Waals surface area contributed by atoms with Gasteiger partial charge in [-0.3, -0.25) is 9.89 Å². The van der Waals surface area contributed by atoms with Crippen molar-refractivity contribution in [3.63, 3.8) is 0 Å². The Hall–Kier alpha value is -2.38. The van der Waals surface area contributed by atoms with Gasteiger partial charge in [0.05, 0.1) is 12.2 Å². The molecule has 0 bridgehead atoms. The molecule has 0 radical (unpaired) electrons. The maximum absolute atomic E-state index is 5.00. The molecule has 1 aromatic heterocycles. The van der Waals surface area contributed by atoms with Gasteiger partial charge < -0.3 is 19.6 Å². The van der Waals surface area contributed by atoms with Gasteiger partial charge in [0.1, 0.15) is 6.26 Å².